The standard InChI is InChI=1S/C10H10Cl3N3O2/c1-5(11)18-10(17)16-3-2-7-6(4-16)8(12)15-9(13)14-7/h5H,2-4H2,1H3. The molecule has 0 saturated carbocycles. The first kappa shape index (κ1) is 13.6. The zero-order valence-electron chi connectivity index (χ0n) is 9.49. The van der Waals surface area contributed by atoms with Crippen LogP contribution in [0.3, 0.4) is 0 Å². The van der Waals surface area contributed by atoms with Crippen molar-refractivity contribution in [2.75, 3.05) is 6.54 Å². The van der Waals surface area contributed by atoms with Crippen molar-refractivity contribution >= 4 is 40.9 Å². The maximum absolute atomic E-state index is 11.7. The first-order chi connectivity index (χ1) is 8.47. The van der Waals surface area contributed by atoms with E-state index in [1.54, 1.807) is 6.92 Å². The third-order valence-corrected chi connectivity index (χ3v) is 3.07. The van der Waals surface area contributed by atoms with E-state index in [9.17, 15) is 4.79 Å². The molecule has 0 aromatic carbocycles. The largest absolute Gasteiger partial charge is 0.430 e. The van der Waals surface area contributed by atoms with E-state index in [0.717, 1.165) is 5.69 Å². The summed E-state index contributed by atoms with van der Waals surface area (Å²) < 4.78 is 4.91. The van der Waals surface area contributed by atoms with Gasteiger partial charge in [0.05, 0.1) is 12.2 Å². The second-order valence-corrected chi connectivity index (χ2v) is 5.12. The van der Waals surface area contributed by atoms with Crippen LogP contribution in [-0.4, -0.2) is 33.1 Å². The van der Waals surface area contributed by atoms with E-state index in [2.05, 4.69) is 9.97 Å². The van der Waals surface area contributed by atoms with Crippen LogP contribution in [0, 0.1) is 0 Å². The molecule has 0 N–H and O–H groups in total. The molecule has 1 amide bonds. The molecule has 0 fully saturated rings. The quantitative estimate of drug-likeness (QED) is 0.455. The molecule has 2 rings (SSSR count). The van der Waals surface area contributed by atoms with E-state index >= 15 is 0 Å². The average molecular weight is 311 g/mol. The van der Waals surface area contributed by atoms with Gasteiger partial charge in [0.2, 0.25) is 5.28 Å². The Morgan fingerprint density at radius 2 is 2.17 bits per heavy atom. The van der Waals surface area contributed by atoms with Gasteiger partial charge in [-0.05, 0) is 18.5 Å². The molecular weight excluding hydrogens is 300 g/mol. The Morgan fingerprint density at radius 3 is 2.83 bits per heavy atom. The molecule has 98 valence electrons. The molecular formula is C10H10Cl3N3O2. The Kier molecular flexibility index (Phi) is 4.14. The van der Waals surface area contributed by atoms with E-state index in [1.807, 2.05) is 0 Å². The lowest BCUT2D eigenvalue weighted by atomic mass is 10.1. The number of fused-ring (bicyclic) bond motifs is 1. The number of rotatable bonds is 1. The van der Waals surface area contributed by atoms with E-state index in [-0.39, 0.29) is 10.4 Å². The van der Waals surface area contributed by atoms with Gasteiger partial charge in [0.15, 0.2) is 5.56 Å². The molecule has 8 heteroatoms. The van der Waals surface area contributed by atoms with Gasteiger partial charge in [-0.15, -0.1) is 0 Å². The fourth-order valence-electron chi connectivity index (χ4n) is 1.71. The maximum Gasteiger partial charge on any atom is 0.411 e. The predicted molar refractivity (Wildman–Crippen MR) is 68.0 cm³/mol. The van der Waals surface area contributed by atoms with Crippen molar-refractivity contribution in [1.82, 2.24) is 14.9 Å². The van der Waals surface area contributed by atoms with Gasteiger partial charge in [-0.2, -0.15) is 0 Å². The molecule has 1 atom stereocenters. The van der Waals surface area contributed by atoms with Crippen LogP contribution in [0.25, 0.3) is 0 Å². The molecule has 0 bridgehead atoms. The summed E-state index contributed by atoms with van der Waals surface area (Å²) in [7, 11) is 0. The summed E-state index contributed by atoms with van der Waals surface area (Å²) in [6.07, 6.45) is 0.0810. The van der Waals surface area contributed by atoms with Crippen molar-refractivity contribution in [3.63, 3.8) is 0 Å². The second-order valence-electron chi connectivity index (χ2n) is 3.81. The second kappa shape index (κ2) is 5.47. The van der Waals surface area contributed by atoms with Crippen LogP contribution in [0.5, 0.6) is 0 Å². The molecule has 18 heavy (non-hydrogen) atoms. The molecule has 0 spiro atoms. The third-order valence-electron chi connectivity index (χ3n) is 2.50. The first-order valence-electron chi connectivity index (χ1n) is 5.28. The van der Waals surface area contributed by atoms with Gasteiger partial charge < -0.3 is 9.64 Å². The van der Waals surface area contributed by atoms with E-state index < -0.39 is 11.7 Å². The van der Waals surface area contributed by atoms with E-state index in [0.29, 0.717) is 25.1 Å². The highest BCUT2D eigenvalue weighted by atomic mass is 35.5. The zero-order chi connectivity index (χ0) is 13.3. The average Bonchev–Trinajstić information content (AvgIpc) is 2.27. The number of hydrogen-bond acceptors (Lipinski definition) is 4. The molecule has 0 aliphatic carbocycles. The summed E-state index contributed by atoms with van der Waals surface area (Å²) in [5, 5.41) is 0.380. The number of aromatic nitrogens is 2. The summed E-state index contributed by atoms with van der Waals surface area (Å²) in [5.41, 5.74) is 0.797. The molecule has 1 aromatic rings. The SMILES string of the molecule is CC(Cl)OC(=O)N1CCc2nc(Cl)nc(Cl)c2C1. The maximum atomic E-state index is 11.7. The number of amides is 1. The van der Waals surface area contributed by atoms with Gasteiger partial charge in [0, 0.05) is 18.5 Å². The minimum Gasteiger partial charge on any atom is -0.430 e. The molecule has 2 heterocycles. The normalized spacial score (nSPS) is 16.1. The summed E-state index contributed by atoms with van der Waals surface area (Å²) in [6.45, 7) is 2.36. The highest BCUT2D eigenvalue weighted by molar-refractivity contribution is 6.32. The van der Waals surface area contributed by atoms with Gasteiger partial charge in [-0.1, -0.05) is 23.2 Å². The summed E-state index contributed by atoms with van der Waals surface area (Å²) in [4.78, 5) is 21.2. The molecule has 1 unspecified atom stereocenters. The Bertz CT molecular complexity index is 482. The lowest BCUT2D eigenvalue weighted by Gasteiger charge is -2.28. The molecule has 1 aliphatic heterocycles. The highest BCUT2D eigenvalue weighted by Gasteiger charge is 2.26. The summed E-state index contributed by atoms with van der Waals surface area (Å²) >= 11 is 17.3. The third kappa shape index (κ3) is 2.96. The lowest BCUT2D eigenvalue weighted by molar-refractivity contribution is 0.0911. The fourth-order valence-corrected chi connectivity index (χ4v) is 2.27. The molecule has 1 aliphatic rings. The minimum absolute atomic E-state index is 0.115. The highest BCUT2D eigenvalue weighted by Crippen LogP contribution is 2.25. The Hall–Kier alpha value is -0.780. The van der Waals surface area contributed by atoms with E-state index in [1.165, 1.54) is 4.90 Å². The van der Waals surface area contributed by atoms with Crippen molar-refractivity contribution < 1.29 is 9.53 Å². The van der Waals surface area contributed by atoms with Gasteiger partial charge in [-0.25, -0.2) is 14.8 Å². The van der Waals surface area contributed by atoms with Crippen molar-refractivity contribution in [3.8, 4) is 0 Å². The lowest BCUT2D eigenvalue weighted by Crippen LogP contribution is -2.37. The number of alkyl halides is 1. The van der Waals surface area contributed by atoms with Crippen LogP contribution >= 0.6 is 34.8 Å². The van der Waals surface area contributed by atoms with Crippen LogP contribution in [0.1, 0.15) is 18.2 Å². The molecule has 0 saturated heterocycles. The summed E-state index contributed by atoms with van der Waals surface area (Å²) in [5.74, 6) is 0. The Labute approximate surface area is 119 Å². The number of nitrogens with zero attached hydrogens (tertiary/aromatic N) is 3. The molecule has 0 radical (unpaired) electrons. The van der Waals surface area contributed by atoms with Crippen LogP contribution in [-0.2, 0) is 17.7 Å². The molecule has 1 aromatic heterocycles. The van der Waals surface area contributed by atoms with Gasteiger partial charge in [-0.3, -0.25) is 0 Å². The fraction of sp³-hybridized carbons (Fsp3) is 0.500. The number of ether oxygens (including phenoxy) is 1. The minimum atomic E-state index is -0.671. The van der Waals surface area contributed by atoms with Gasteiger partial charge in [0.1, 0.15) is 5.15 Å². The molecule has 5 nitrogen and oxygen atoms in total. The van der Waals surface area contributed by atoms with Crippen molar-refractivity contribution in [2.45, 2.75) is 25.5 Å². The van der Waals surface area contributed by atoms with Crippen LogP contribution in [0.4, 0.5) is 4.79 Å². The smallest absolute Gasteiger partial charge is 0.411 e. The van der Waals surface area contributed by atoms with Crippen molar-refractivity contribution in [1.29, 1.82) is 0 Å². The summed E-state index contributed by atoms with van der Waals surface area (Å²) in [6, 6.07) is 0. The van der Waals surface area contributed by atoms with Crippen molar-refractivity contribution in [2.24, 2.45) is 0 Å². The van der Waals surface area contributed by atoms with Crippen LogP contribution in [0.15, 0.2) is 0 Å². The van der Waals surface area contributed by atoms with Crippen LogP contribution in [0.2, 0.25) is 10.4 Å². The van der Waals surface area contributed by atoms with Crippen molar-refractivity contribution in [3.05, 3.63) is 21.7 Å². The first-order valence-corrected chi connectivity index (χ1v) is 6.47. The number of carbonyl (C=O) groups is 1. The topological polar surface area (TPSA) is 55.3 Å². The number of carbonyl (C=O) groups excluding carboxylic acids is 1. The number of halogens is 3. The monoisotopic (exact) mass is 309 g/mol. The number of hydrogen-bond donors (Lipinski definition) is 0. The zero-order valence-corrected chi connectivity index (χ0v) is 11.8. The predicted octanol–water partition coefficient (Wildman–Crippen LogP) is 2.86. The van der Waals surface area contributed by atoms with Gasteiger partial charge >= 0.3 is 6.09 Å². The van der Waals surface area contributed by atoms with Crippen LogP contribution < -0.4 is 0 Å². The van der Waals surface area contributed by atoms with Gasteiger partial charge in [0.25, 0.3) is 0 Å². The Morgan fingerprint density at radius 1 is 1.44 bits per heavy atom. The van der Waals surface area contributed by atoms with E-state index in [4.69, 9.17) is 39.5 Å². The Balaban J connectivity index is 2.17.